The lowest BCUT2D eigenvalue weighted by atomic mass is 9.90. The maximum Gasteiger partial charge on any atom is 0.317 e. The Morgan fingerprint density at radius 3 is 2.57 bits per heavy atom. The van der Waals surface area contributed by atoms with Gasteiger partial charge in [0.15, 0.2) is 0 Å². The number of carbonyl (C=O) groups excluding carboxylic acids is 1. The number of halogens is 1. The second kappa shape index (κ2) is 6.39. The number of hydrogen-bond acceptors (Lipinski definition) is 3. The van der Waals surface area contributed by atoms with Gasteiger partial charge in [0.2, 0.25) is 0 Å². The Morgan fingerprint density at radius 1 is 1.24 bits per heavy atom. The third-order valence-corrected chi connectivity index (χ3v) is 3.26. The van der Waals surface area contributed by atoms with E-state index in [-0.39, 0.29) is 12.3 Å². The Hall–Kier alpha value is -2.36. The molecule has 0 fully saturated rings. The Balaban J connectivity index is 2.50. The number of hydrogen-bond donors (Lipinski definition) is 1. The summed E-state index contributed by atoms with van der Waals surface area (Å²) in [6, 6.07) is 12.0. The van der Waals surface area contributed by atoms with Crippen LogP contribution in [0.1, 0.15) is 29.5 Å². The van der Waals surface area contributed by atoms with E-state index in [9.17, 15) is 9.18 Å². The van der Waals surface area contributed by atoms with Gasteiger partial charge >= 0.3 is 5.97 Å². The normalized spacial score (nSPS) is 12.0. The first-order valence-electron chi connectivity index (χ1n) is 6.81. The Kier molecular flexibility index (Phi) is 4.58. The van der Waals surface area contributed by atoms with Gasteiger partial charge in [0.25, 0.3) is 0 Å². The van der Waals surface area contributed by atoms with Crippen molar-refractivity contribution in [3.8, 4) is 0 Å². The molecule has 2 N–H and O–H groups in total. The third-order valence-electron chi connectivity index (χ3n) is 3.26. The van der Waals surface area contributed by atoms with Crippen molar-refractivity contribution in [1.82, 2.24) is 0 Å². The molecule has 0 saturated heterocycles. The SMILES string of the molecule is CCOC(=O)C(c1cccc(C)c1)c1ccc(N)c(F)c1. The summed E-state index contributed by atoms with van der Waals surface area (Å²) >= 11 is 0. The van der Waals surface area contributed by atoms with E-state index in [1.807, 2.05) is 31.2 Å². The molecular formula is C17H18FNO2. The van der Waals surface area contributed by atoms with Gasteiger partial charge in [-0.2, -0.15) is 0 Å². The molecule has 21 heavy (non-hydrogen) atoms. The summed E-state index contributed by atoms with van der Waals surface area (Å²) in [5, 5.41) is 0. The van der Waals surface area contributed by atoms with Gasteiger partial charge < -0.3 is 10.5 Å². The van der Waals surface area contributed by atoms with E-state index in [2.05, 4.69) is 0 Å². The van der Waals surface area contributed by atoms with Crippen LogP contribution in [0.4, 0.5) is 10.1 Å². The van der Waals surface area contributed by atoms with Crippen LogP contribution in [0.3, 0.4) is 0 Å². The van der Waals surface area contributed by atoms with E-state index in [1.54, 1.807) is 13.0 Å². The van der Waals surface area contributed by atoms with Crippen molar-refractivity contribution >= 4 is 11.7 Å². The van der Waals surface area contributed by atoms with Crippen molar-refractivity contribution in [2.75, 3.05) is 12.3 Å². The Labute approximate surface area is 123 Å². The number of nitrogens with two attached hydrogens (primary N) is 1. The molecule has 110 valence electrons. The first-order valence-corrected chi connectivity index (χ1v) is 6.81. The number of aryl methyl sites for hydroxylation is 1. The summed E-state index contributed by atoms with van der Waals surface area (Å²) in [5.41, 5.74) is 7.89. The molecule has 2 aromatic carbocycles. The van der Waals surface area contributed by atoms with Crippen LogP contribution >= 0.6 is 0 Å². The number of anilines is 1. The van der Waals surface area contributed by atoms with Crippen LogP contribution in [0.5, 0.6) is 0 Å². The quantitative estimate of drug-likeness (QED) is 0.692. The highest BCUT2D eigenvalue weighted by Crippen LogP contribution is 2.28. The van der Waals surface area contributed by atoms with Gasteiger partial charge in [0.1, 0.15) is 11.7 Å². The van der Waals surface area contributed by atoms with E-state index in [1.165, 1.54) is 12.1 Å². The summed E-state index contributed by atoms with van der Waals surface area (Å²) in [4.78, 5) is 12.3. The summed E-state index contributed by atoms with van der Waals surface area (Å²) in [6.07, 6.45) is 0. The number of carbonyl (C=O) groups is 1. The smallest absolute Gasteiger partial charge is 0.317 e. The molecule has 0 spiro atoms. The van der Waals surface area contributed by atoms with Gasteiger partial charge in [0.05, 0.1) is 12.3 Å². The van der Waals surface area contributed by atoms with Crippen LogP contribution in [0.15, 0.2) is 42.5 Å². The molecule has 0 radical (unpaired) electrons. The van der Waals surface area contributed by atoms with Crippen LogP contribution in [0.25, 0.3) is 0 Å². The standard InChI is InChI=1S/C17H18FNO2/c1-3-21-17(20)16(12-6-4-5-11(2)9-12)13-7-8-15(19)14(18)10-13/h4-10,16H,3,19H2,1-2H3. The van der Waals surface area contributed by atoms with Crippen LogP contribution in [0.2, 0.25) is 0 Å². The van der Waals surface area contributed by atoms with Crippen molar-refractivity contribution in [2.45, 2.75) is 19.8 Å². The molecule has 0 saturated carbocycles. The second-order valence-electron chi connectivity index (χ2n) is 4.88. The first-order chi connectivity index (χ1) is 10.0. The van der Waals surface area contributed by atoms with Gasteiger partial charge in [-0.3, -0.25) is 4.79 Å². The molecule has 0 heterocycles. The minimum atomic E-state index is -0.653. The highest BCUT2D eigenvalue weighted by atomic mass is 19.1. The molecule has 0 bridgehead atoms. The van der Waals surface area contributed by atoms with E-state index < -0.39 is 17.7 Å². The predicted octanol–water partition coefficient (Wildman–Crippen LogP) is 3.41. The zero-order valence-corrected chi connectivity index (χ0v) is 12.1. The molecule has 0 aliphatic carbocycles. The zero-order chi connectivity index (χ0) is 15.4. The van der Waals surface area contributed by atoms with Gasteiger partial charge in [-0.25, -0.2) is 4.39 Å². The summed E-state index contributed by atoms with van der Waals surface area (Å²) in [7, 11) is 0. The molecule has 0 amide bonds. The number of nitrogen functional groups attached to an aromatic ring is 1. The van der Waals surface area contributed by atoms with Gasteiger partial charge in [-0.1, -0.05) is 35.9 Å². The maximum atomic E-state index is 13.7. The molecule has 0 aromatic heterocycles. The second-order valence-corrected chi connectivity index (χ2v) is 4.88. The minimum Gasteiger partial charge on any atom is -0.465 e. The fourth-order valence-corrected chi connectivity index (χ4v) is 2.26. The first kappa shape index (κ1) is 15.0. The van der Waals surface area contributed by atoms with Crippen molar-refractivity contribution in [2.24, 2.45) is 0 Å². The van der Waals surface area contributed by atoms with Crippen molar-refractivity contribution in [3.05, 3.63) is 65.0 Å². The number of esters is 1. The van der Waals surface area contributed by atoms with E-state index in [0.717, 1.165) is 11.1 Å². The van der Waals surface area contributed by atoms with E-state index in [4.69, 9.17) is 10.5 Å². The Bertz CT molecular complexity index is 655. The van der Waals surface area contributed by atoms with E-state index >= 15 is 0 Å². The molecule has 0 aliphatic heterocycles. The summed E-state index contributed by atoms with van der Waals surface area (Å²) in [6.45, 7) is 3.96. The fourth-order valence-electron chi connectivity index (χ4n) is 2.26. The van der Waals surface area contributed by atoms with Crippen LogP contribution in [-0.2, 0) is 9.53 Å². The minimum absolute atomic E-state index is 0.0607. The van der Waals surface area contributed by atoms with Crippen LogP contribution in [0, 0.1) is 12.7 Å². The maximum absolute atomic E-state index is 13.7. The average molecular weight is 287 g/mol. The molecule has 2 aromatic rings. The average Bonchev–Trinajstić information content (AvgIpc) is 2.43. The molecule has 0 aliphatic rings. The van der Waals surface area contributed by atoms with Crippen LogP contribution in [-0.4, -0.2) is 12.6 Å². The Morgan fingerprint density at radius 2 is 1.95 bits per heavy atom. The molecule has 1 unspecified atom stereocenters. The summed E-state index contributed by atoms with van der Waals surface area (Å²) < 4.78 is 18.8. The molecule has 3 nitrogen and oxygen atoms in total. The largest absolute Gasteiger partial charge is 0.465 e. The highest BCUT2D eigenvalue weighted by molar-refractivity contribution is 5.82. The fraction of sp³-hybridized carbons (Fsp3) is 0.235. The van der Waals surface area contributed by atoms with Gasteiger partial charge in [0, 0.05) is 0 Å². The number of ether oxygens (including phenoxy) is 1. The zero-order valence-electron chi connectivity index (χ0n) is 12.1. The predicted molar refractivity (Wildman–Crippen MR) is 80.5 cm³/mol. The van der Waals surface area contributed by atoms with Crippen molar-refractivity contribution in [1.29, 1.82) is 0 Å². The van der Waals surface area contributed by atoms with E-state index in [0.29, 0.717) is 5.56 Å². The highest BCUT2D eigenvalue weighted by Gasteiger charge is 2.25. The lowest BCUT2D eigenvalue weighted by Crippen LogP contribution is -2.17. The topological polar surface area (TPSA) is 52.3 Å². The third kappa shape index (κ3) is 3.40. The molecule has 4 heteroatoms. The lowest BCUT2D eigenvalue weighted by Gasteiger charge is -2.17. The molecule has 1 atom stereocenters. The monoisotopic (exact) mass is 287 g/mol. The van der Waals surface area contributed by atoms with Crippen molar-refractivity contribution < 1.29 is 13.9 Å². The molecular weight excluding hydrogens is 269 g/mol. The van der Waals surface area contributed by atoms with Crippen LogP contribution < -0.4 is 5.73 Å². The lowest BCUT2D eigenvalue weighted by molar-refractivity contribution is -0.143. The van der Waals surface area contributed by atoms with Gasteiger partial charge in [-0.15, -0.1) is 0 Å². The summed E-state index contributed by atoms with van der Waals surface area (Å²) in [5.74, 6) is -1.58. The number of rotatable bonds is 4. The van der Waals surface area contributed by atoms with Crippen molar-refractivity contribution in [3.63, 3.8) is 0 Å². The molecule has 2 rings (SSSR count). The van der Waals surface area contributed by atoms with Gasteiger partial charge in [-0.05, 0) is 37.1 Å². The number of benzene rings is 2.